The molecule has 2 aliphatic rings. The van der Waals surface area contributed by atoms with Gasteiger partial charge in [-0.05, 0) is 73.9 Å². The van der Waals surface area contributed by atoms with Crippen molar-refractivity contribution in [3.05, 3.63) is 80.9 Å². The molecular formula is C24H26O6S2. The first-order chi connectivity index (χ1) is 14.8. The van der Waals surface area contributed by atoms with Crippen LogP contribution in [0.5, 0.6) is 0 Å². The van der Waals surface area contributed by atoms with E-state index in [9.17, 15) is 25.9 Å². The van der Waals surface area contributed by atoms with Crippen molar-refractivity contribution in [2.75, 3.05) is 0 Å². The molecule has 0 saturated heterocycles. The highest BCUT2D eigenvalue weighted by Crippen LogP contribution is 2.51. The molecule has 32 heavy (non-hydrogen) atoms. The highest BCUT2D eigenvalue weighted by atomic mass is 32.2. The minimum Gasteiger partial charge on any atom is -0.282 e. The average Bonchev–Trinajstić information content (AvgIpc) is 3.09. The van der Waals surface area contributed by atoms with Gasteiger partial charge in [0.25, 0.3) is 20.2 Å². The molecule has 0 fully saturated rings. The standard InChI is InChI=1S/C24H26O6S2/c1-13-5-7-19-21(11-13)17(15(3)23(19)31(25,26)27)9-10-18-16(4)24(32(28,29)30)20-8-6-14(2)12-22(18)20/h5-8,11-12,17-18H,9-10H2,1-4H3,(H,25,26,27)(H,28,29,30). The van der Waals surface area contributed by atoms with Crippen LogP contribution in [0.25, 0.3) is 9.81 Å². The first-order valence-electron chi connectivity index (χ1n) is 10.4. The number of rotatable bonds is 5. The van der Waals surface area contributed by atoms with Crippen molar-refractivity contribution in [3.63, 3.8) is 0 Å². The molecule has 2 unspecified atom stereocenters. The van der Waals surface area contributed by atoms with Gasteiger partial charge in [0, 0.05) is 11.8 Å². The molecule has 0 radical (unpaired) electrons. The van der Waals surface area contributed by atoms with Crippen molar-refractivity contribution in [1.82, 2.24) is 0 Å². The fourth-order valence-electron chi connectivity index (χ4n) is 5.32. The van der Waals surface area contributed by atoms with E-state index in [2.05, 4.69) is 0 Å². The maximum Gasteiger partial charge on any atom is 0.295 e. The molecule has 2 N–H and O–H groups in total. The van der Waals surface area contributed by atoms with Crippen molar-refractivity contribution >= 4 is 30.0 Å². The predicted octanol–water partition coefficient (Wildman–Crippen LogP) is 5.22. The highest BCUT2D eigenvalue weighted by molar-refractivity contribution is 7.95. The van der Waals surface area contributed by atoms with Crippen LogP contribution in [0.4, 0.5) is 0 Å². The molecule has 0 heterocycles. The minimum atomic E-state index is -4.38. The molecule has 170 valence electrons. The highest BCUT2D eigenvalue weighted by Gasteiger charge is 2.38. The van der Waals surface area contributed by atoms with Crippen LogP contribution in [0, 0.1) is 13.8 Å². The van der Waals surface area contributed by atoms with Gasteiger partial charge in [0.15, 0.2) is 0 Å². The van der Waals surface area contributed by atoms with Crippen molar-refractivity contribution < 1.29 is 25.9 Å². The van der Waals surface area contributed by atoms with Crippen LogP contribution in [0.3, 0.4) is 0 Å². The van der Waals surface area contributed by atoms with Gasteiger partial charge in [0.05, 0.1) is 0 Å². The van der Waals surface area contributed by atoms with Gasteiger partial charge in [-0.2, -0.15) is 16.8 Å². The molecule has 2 aromatic carbocycles. The first-order valence-corrected chi connectivity index (χ1v) is 13.3. The van der Waals surface area contributed by atoms with Gasteiger partial charge in [-0.25, -0.2) is 0 Å². The van der Waals surface area contributed by atoms with Gasteiger partial charge < -0.3 is 0 Å². The van der Waals surface area contributed by atoms with E-state index < -0.39 is 20.2 Å². The number of hydrogen-bond acceptors (Lipinski definition) is 4. The molecule has 0 spiro atoms. The Balaban J connectivity index is 1.76. The van der Waals surface area contributed by atoms with E-state index in [1.54, 1.807) is 26.0 Å². The average molecular weight is 475 g/mol. The van der Waals surface area contributed by atoms with E-state index >= 15 is 0 Å². The van der Waals surface area contributed by atoms with Gasteiger partial charge in [-0.3, -0.25) is 9.11 Å². The van der Waals surface area contributed by atoms with Crippen LogP contribution < -0.4 is 0 Å². The summed E-state index contributed by atoms with van der Waals surface area (Å²) in [5.74, 6) is -0.421. The lowest BCUT2D eigenvalue weighted by Crippen LogP contribution is -2.04. The fraction of sp³-hybridized carbons (Fsp3) is 0.333. The van der Waals surface area contributed by atoms with Crippen molar-refractivity contribution in [3.8, 4) is 0 Å². The first kappa shape index (κ1) is 22.9. The Morgan fingerprint density at radius 1 is 0.656 bits per heavy atom. The molecule has 2 aliphatic carbocycles. The third-order valence-corrected chi connectivity index (χ3v) is 8.79. The summed E-state index contributed by atoms with van der Waals surface area (Å²) in [5, 5.41) is 0. The second kappa shape index (κ2) is 7.66. The summed E-state index contributed by atoms with van der Waals surface area (Å²) >= 11 is 0. The number of aryl methyl sites for hydroxylation is 2. The van der Waals surface area contributed by atoms with Crippen LogP contribution in [0.15, 0.2) is 47.5 Å². The molecule has 0 saturated carbocycles. The van der Waals surface area contributed by atoms with Crippen molar-refractivity contribution in [1.29, 1.82) is 0 Å². The predicted molar refractivity (Wildman–Crippen MR) is 125 cm³/mol. The lowest BCUT2D eigenvalue weighted by atomic mass is 9.84. The topological polar surface area (TPSA) is 109 Å². The van der Waals surface area contributed by atoms with Gasteiger partial charge >= 0.3 is 0 Å². The molecule has 0 amide bonds. The van der Waals surface area contributed by atoms with Gasteiger partial charge in [-0.15, -0.1) is 0 Å². The van der Waals surface area contributed by atoms with Gasteiger partial charge in [-0.1, -0.05) is 47.5 Å². The summed E-state index contributed by atoms with van der Waals surface area (Å²) < 4.78 is 68.1. The van der Waals surface area contributed by atoms with Crippen molar-refractivity contribution in [2.24, 2.45) is 0 Å². The summed E-state index contributed by atoms with van der Waals surface area (Å²) in [6.07, 6.45) is 1.13. The Labute approximate surface area is 189 Å². The molecule has 4 rings (SSSR count). The normalized spacial score (nSPS) is 20.7. The Morgan fingerprint density at radius 2 is 1.00 bits per heavy atom. The van der Waals surface area contributed by atoms with Crippen molar-refractivity contribution in [2.45, 2.75) is 52.4 Å². The minimum absolute atomic E-state index is 0.0361. The van der Waals surface area contributed by atoms with Crippen LogP contribution >= 0.6 is 0 Å². The smallest absolute Gasteiger partial charge is 0.282 e. The van der Waals surface area contributed by atoms with E-state index in [-0.39, 0.29) is 21.6 Å². The Kier molecular flexibility index (Phi) is 5.48. The second-order valence-electron chi connectivity index (χ2n) is 8.84. The maximum atomic E-state index is 12.1. The molecule has 0 aromatic heterocycles. The molecule has 2 aromatic rings. The Hall–Kier alpha value is -2.26. The zero-order valence-corrected chi connectivity index (χ0v) is 20.0. The van der Waals surface area contributed by atoms with Gasteiger partial charge in [0.1, 0.15) is 9.81 Å². The molecule has 0 bridgehead atoms. The van der Waals surface area contributed by atoms with E-state index in [0.717, 1.165) is 22.3 Å². The van der Waals surface area contributed by atoms with Crippen LogP contribution in [0.2, 0.25) is 0 Å². The summed E-state index contributed by atoms with van der Waals surface area (Å²) in [4.78, 5) is -0.0721. The number of fused-ring (bicyclic) bond motifs is 2. The van der Waals surface area contributed by atoms with E-state index in [0.29, 0.717) is 35.1 Å². The summed E-state index contributed by atoms with van der Waals surface area (Å²) in [6, 6.07) is 11.0. The molecule has 2 atom stereocenters. The van der Waals surface area contributed by atoms with Gasteiger partial charge in [0.2, 0.25) is 0 Å². The van der Waals surface area contributed by atoms with E-state index in [4.69, 9.17) is 0 Å². The fourth-order valence-corrected chi connectivity index (χ4v) is 7.35. The Morgan fingerprint density at radius 3 is 1.31 bits per heavy atom. The van der Waals surface area contributed by atoms with E-state index in [1.165, 1.54) is 0 Å². The van der Waals surface area contributed by atoms with E-state index in [1.807, 2.05) is 38.1 Å². The SMILES string of the molecule is CC1=C(S(=O)(=O)O)c2ccc(C)cc2C1CCC1C(C)=C(S(=O)(=O)O)c2ccc(C)cc21. The zero-order chi connectivity index (χ0) is 23.6. The molecule has 8 heteroatoms. The Bertz CT molecular complexity index is 1300. The zero-order valence-electron chi connectivity index (χ0n) is 18.4. The van der Waals surface area contributed by atoms with Crippen LogP contribution in [-0.2, 0) is 20.2 Å². The molecule has 0 aliphatic heterocycles. The third-order valence-electron chi connectivity index (χ3n) is 6.68. The maximum absolute atomic E-state index is 12.1. The summed E-state index contributed by atoms with van der Waals surface area (Å²) in [6.45, 7) is 7.31. The largest absolute Gasteiger partial charge is 0.295 e. The van der Waals surface area contributed by atoms with Crippen LogP contribution in [-0.4, -0.2) is 25.9 Å². The quantitative estimate of drug-likeness (QED) is 0.576. The lowest BCUT2D eigenvalue weighted by Gasteiger charge is -2.20. The molecular weight excluding hydrogens is 448 g/mol. The second-order valence-corrected chi connectivity index (χ2v) is 11.6. The summed E-state index contributed by atoms with van der Waals surface area (Å²) in [5.41, 5.74) is 5.92. The summed E-state index contributed by atoms with van der Waals surface area (Å²) in [7, 11) is -8.77. The number of allylic oxidation sites excluding steroid dienone is 2. The third kappa shape index (κ3) is 3.75. The molecule has 6 nitrogen and oxygen atoms in total. The number of benzene rings is 2. The monoisotopic (exact) mass is 474 g/mol. The van der Waals surface area contributed by atoms with Crippen LogP contribution in [0.1, 0.15) is 71.9 Å². The lowest BCUT2D eigenvalue weighted by molar-refractivity contribution is 0.493. The number of hydrogen-bond donors (Lipinski definition) is 2.